The van der Waals surface area contributed by atoms with E-state index in [1.165, 1.54) is 24.3 Å². The molecule has 0 heterocycles. The van der Waals surface area contributed by atoms with Crippen molar-refractivity contribution >= 4 is 11.7 Å². The van der Waals surface area contributed by atoms with E-state index < -0.39 is 11.6 Å². The molecule has 106 valence electrons. The molecule has 0 fully saturated rings. The molecule has 1 aromatic rings. The number of amides is 2. The van der Waals surface area contributed by atoms with Gasteiger partial charge in [0.15, 0.2) is 0 Å². The van der Waals surface area contributed by atoms with Crippen LogP contribution in [0.2, 0.25) is 0 Å². The lowest BCUT2D eigenvalue weighted by molar-refractivity contribution is 0.0364. The number of halogens is 1. The molecule has 1 unspecified atom stereocenters. The van der Waals surface area contributed by atoms with Crippen LogP contribution in [0.3, 0.4) is 0 Å². The van der Waals surface area contributed by atoms with Crippen molar-refractivity contribution in [3.05, 3.63) is 30.1 Å². The van der Waals surface area contributed by atoms with Gasteiger partial charge in [-0.05, 0) is 45.3 Å². The number of nitrogens with zero attached hydrogens (tertiary/aromatic N) is 1. The Morgan fingerprint density at radius 3 is 2.47 bits per heavy atom. The second kappa shape index (κ2) is 6.49. The predicted octanol–water partition coefficient (Wildman–Crippen LogP) is 1.26. The number of urea groups is 1. The maximum absolute atomic E-state index is 12.7. The molecule has 0 aliphatic carbocycles. The summed E-state index contributed by atoms with van der Waals surface area (Å²) < 4.78 is 12.7. The van der Waals surface area contributed by atoms with E-state index in [-0.39, 0.29) is 12.4 Å². The number of benzene rings is 1. The summed E-state index contributed by atoms with van der Waals surface area (Å²) in [6, 6.07) is 5.01. The molecular weight excluding hydrogens is 249 g/mol. The van der Waals surface area contributed by atoms with Gasteiger partial charge in [0, 0.05) is 18.8 Å². The fourth-order valence-corrected chi connectivity index (χ4v) is 1.72. The first kappa shape index (κ1) is 15.4. The molecule has 6 heteroatoms. The van der Waals surface area contributed by atoms with Gasteiger partial charge in [0.25, 0.3) is 0 Å². The molecular formula is C13H20FN3O2. The number of carbonyl (C=O) groups excluding carboxylic acids is 1. The lowest BCUT2D eigenvalue weighted by Gasteiger charge is -2.27. The van der Waals surface area contributed by atoms with E-state index in [0.29, 0.717) is 12.2 Å². The molecule has 1 aromatic carbocycles. The monoisotopic (exact) mass is 269 g/mol. The Morgan fingerprint density at radius 1 is 1.37 bits per heavy atom. The van der Waals surface area contributed by atoms with Gasteiger partial charge in [0.2, 0.25) is 0 Å². The quantitative estimate of drug-likeness (QED) is 0.754. The number of carbonyl (C=O) groups is 1. The van der Waals surface area contributed by atoms with Crippen LogP contribution in [0.15, 0.2) is 24.3 Å². The minimum Gasteiger partial charge on any atom is -0.387 e. The molecule has 0 spiro atoms. The van der Waals surface area contributed by atoms with Crippen molar-refractivity contribution in [3.63, 3.8) is 0 Å². The lowest BCUT2D eigenvalue weighted by Crippen LogP contribution is -2.48. The van der Waals surface area contributed by atoms with E-state index in [1.54, 1.807) is 6.92 Å². The molecule has 0 saturated heterocycles. The van der Waals surface area contributed by atoms with Crippen molar-refractivity contribution in [2.75, 3.05) is 32.5 Å². The third kappa shape index (κ3) is 6.17. The van der Waals surface area contributed by atoms with Crippen molar-refractivity contribution in [1.29, 1.82) is 0 Å². The van der Waals surface area contributed by atoms with E-state index in [9.17, 15) is 14.3 Å². The zero-order chi connectivity index (χ0) is 14.5. The zero-order valence-electron chi connectivity index (χ0n) is 11.4. The number of aliphatic hydroxyl groups is 1. The number of rotatable bonds is 5. The highest BCUT2D eigenvalue weighted by atomic mass is 19.1. The summed E-state index contributed by atoms with van der Waals surface area (Å²) in [5.74, 6) is -0.361. The van der Waals surface area contributed by atoms with E-state index in [1.807, 2.05) is 19.0 Å². The van der Waals surface area contributed by atoms with Gasteiger partial charge in [-0.3, -0.25) is 0 Å². The highest BCUT2D eigenvalue weighted by molar-refractivity contribution is 5.89. The highest BCUT2D eigenvalue weighted by Gasteiger charge is 2.21. The molecule has 5 nitrogen and oxygen atoms in total. The number of likely N-dealkylation sites (N-methyl/N-ethyl adjacent to an activating group) is 1. The van der Waals surface area contributed by atoms with E-state index >= 15 is 0 Å². The average Bonchev–Trinajstić information content (AvgIpc) is 2.28. The Hall–Kier alpha value is -1.66. The number of nitrogens with one attached hydrogen (secondary N) is 2. The summed E-state index contributed by atoms with van der Waals surface area (Å²) in [5.41, 5.74) is -0.518. The first-order valence-electron chi connectivity index (χ1n) is 5.96. The van der Waals surface area contributed by atoms with Gasteiger partial charge < -0.3 is 20.6 Å². The molecule has 1 rings (SSSR count). The van der Waals surface area contributed by atoms with E-state index in [4.69, 9.17) is 0 Å². The molecule has 2 amide bonds. The first-order chi connectivity index (χ1) is 8.78. The Bertz CT molecular complexity index is 418. The smallest absolute Gasteiger partial charge is 0.319 e. The third-order valence-corrected chi connectivity index (χ3v) is 2.39. The van der Waals surface area contributed by atoms with Gasteiger partial charge in [-0.1, -0.05) is 0 Å². The van der Waals surface area contributed by atoms with Gasteiger partial charge in [0.1, 0.15) is 5.82 Å². The highest BCUT2D eigenvalue weighted by Crippen LogP contribution is 2.08. The fraction of sp³-hybridized carbons (Fsp3) is 0.462. The van der Waals surface area contributed by atoms with Gasteiger partial charge >= 0.3 is 6.03 Å². The Morgan fingerprint density at radius 2 is 1.95 bits per heavy atom. The van der Waals surface area contributed by atoms with Crippen LogP contribution in [0.4, 0.5) is 14.9 Å². The Balaban J connectivity index is 2.41. The molecule has 1 atom stereocenters. The molecule has 19 heavy (non-hydrogen) atoms. The van der Waals surface area contributed by atoms with Crippen LogP contribution in [0.1, 0.15) is 6.92 Å². The lowest BCUT2D eigenvalue weighted by atomic mass is 10.1. The van der Waals surface area contributed by atoms with Crippen LogP contribution < -0.4 is 10.6 Å². The maximum atomic E-state index is 12.7. The van der Waals surface area contributed by atoms with Crippen molar-refractivity contribution < 1.29 is 14.3 Å². The SMILES string of the molecule is CN(C)CC(C)(O)CNC(=O)Nc1ccc(F)cc1. The number of hydrogen-bond acceptors (Lipinski definition) is 3. The molecule has 0 bridgehead atoms. The van der Waals surface area contributed by atoms with Gasteiger partial charge in [-0.15, -0.1) is 0 Å². The summed E-state index contributed by atoms with van der Waals surface area (Å²) in [6.07, 6.45) is 0. The number of hydrogen-bond donors (Lipinski definition) is 3. The molecule has 0 aliphatic heterocycles. The standard InChI is InChI=1S/C13H20FN3O2/c1-13(19,9-17(2)3)8-15-12(18)16-11-6-4-10(14)5-7-11/h4-7,19H,8-9H2,1-3H3,(H2,15,16,18). The first-order valence-corrected chi connectivity index (χ1v) is 5.96. The van der Waals surface area contributed by atoms with Crippen molar-refractivity contribution in [3.8, 4) is 0 Å². The third-order valence-electron chi connectivity index (χ3n) is 2.39. The van der Waals surface area contributed by atoms with E-state index in [0.717, 1.165) is 0 Å². The molecule has 0 saturated carbocycles. The Labute approximate surface area is 112 Å². The van der Waals surface area contributed by atoms with Crippen LogP contribution in [0.25, 0.3) is 0 Å². The Kier molecular flexibility index (Phi) is 5.26. The largest absolute Gasteiger partial charge is 0.387 e. The zero-order valence-corrected chi connectivity index (χ0v) is 11.4. The van der Waals surface area contributed by atoms with Crippen molar-refractivity contribution in [2.45, 2.75) is 12.5 Å². The second-order valence-corrected chi connectivity index (χ2v) is 5.05. The van der Waals surface area contributed by atoms with Crippen molar-refractivity contribution in [2.24, 2.45) is 0 Å². The maximum Gasteiger partial charge on any atom is 0.319 e. The summed E-state index contributed by atoms with van der Waals surface area (Å²) in [7, 11) is 3.68. The van der Waals surface area contributed by atoms with Crippen LogP contribution in [0.5, 0.6) is 0 Å². The molecule has 3 N–H and O–H groups in total. The average molecular weight is 269 g/mol. The van der Waals surface area contributed by atoms with Gasteiger partial charge in [0.05, 0.1) is 5.60 Å². The minimum atomic E-state index is -1.01. The normalized spacial score (nSPS) is 14.0. The van der Waals surface area contributed by atoms with Crippen LogP contribution in [0, 0.1) is 5.82 Å². The topological polar surface area (TPSA) is 64.6 Å². The van der Waals surface area contributed by atoms with E-state index in [2.05, 4.69) is 10.6 Å². The molecule has 0 aromatic heterocycles. The summed E-state index contributed by atoms with van der Waals surface area (Å²) in [6.45, 7) is 2.20. The summed E-state index contributed by atoms with van der Waals surface area (Å²) >= 11 is 0. The molecule has 0 radical (unpaired) electrons. The number of anilines is 1. The van der Waals surface area contributed by atoms with Crippen LogP contribution in [-0.4, -0.2) is 48.8 Å². The molecule has 0 aliphatic rings. The summed E-state index contributed by atoms with van der Waals surface area (Å²) in [4.78, 5) is 13.4. The van der Waals surface area contributed by atoms with Crippen LogP contribution in [-0.2, 0) is 0 Å². The second-order valence-electron chi connectivity index (χ2n) is 5.05. The predicted molar refractivity (Wildman–Crippen MR) is 72.6 cm³/mol. The van der Waals surface area contributed by atoms with Gasteiger partial charge in [-0.25, -0.2) is 9.18 Å². The summed E-state index contributed by atoms with van der Waals surface area (Å²) in [5, 5.41) is 15.1. The fourth-order valence-electron chi connectivity index (χ4n) is 1.72. The van der Waals surface area contributed by atoms with Crippen molar-refractivity contribution in [1.82, 2.24) is 10.2 Å². The van der Waals surface area contributed by atoms with Gasteiger partial charge in [-0.2, -0.15) is 0 Å². The minimum absolute atomic E-state index is 0.123. The van der Waals surface area contributed by atoms with Crippen LogP contribution >= 0.6 is 0 Å².